The van der Waals surface area contributed by atoms with Gasteiger partial charge in [-0.1, -0.05) is 60.2 Å². The highest BCUT2D eigenvalue weighted by atomic mass is 19.2. The van der Waals surface area contributed by atoms with Gasteiger partial charge in [0.1, 0.15) is 17.2 Å². The molecule has 1 N–H and O–H groups in total. The fourth-order valence-electron chi connectivity index (χ4n) is 3.67. The number of carbonyl (C=O) groups excluding carboxylic acids is 1. The van der Waals surface area contributed by atoms with Gasteiger partial charge >= 0.3 is 0 Å². The molecular formula is C28H20F5NO2. The Morgan fingerprint density at radius 3 is 1.97 bits per heavy atom. The maximum absolute atomic E-state index is 14.3. The number of rotatable bonds is 7. The van der Waals surface area contributed by atoms with Gasteiger partial charge < -0.3 is 10.1 Å². The minimum absolute atomic E-state index is 0.0936. The predicted octanol–water partition coefficient (Wildman–Crippen LogP) is 7.45. The highest BCUT2D eigenvalue weighted by molar-refractivity contribution is 5.96. The number of halogens is 5. The number of para-hydroxylation sites is 1. The van der Waals surface area contributed by atoms with Gasteiger partial charge in [-0.25, -0.2) is 22.0 Å². The van der Waals surface area contributed by atoms with Gasteiger partial charge in [-0.3, -0.25) is 4.79 Å². The molecule has 0 spiro atoms. The maximum Gasteiger partial charge on any atom is 0.232 e. The van der Waals surface area contributed by atoms with E-state index < -0.39 is 46.6 Å². The lowest BCUT2D eigenvalue weighted by molar-refractivity contribution is -0.117. The van der Waals surface area contributed by atoms with Crippen molar-refractivity contribution in [2.24, 2.45) is 0 Å². The molecule has 4 rings (SSSR count). The largest absolute Gasteiger partial charge is 0.457 e. The smallest absolute Gasteiger partial charge is 0.232 e. The first-order chi connectivity index (χ1) is 17.2. The summed E-state index contributed by atoms with van der Waals surface area (Å²) in [6.07, 6.45) is 0.0936. The van der Waals surface area contributed by atoms with Crippen LogP contribution in [0, 0.1) is 36.0 Å². The van der Waals surface area contributed by atoms with Crippen LogP contribution in [0.2, 0.25) is 0 Å². The molecule has 0 aliphatic heterocycles. The van der Waals surface area contributed by atoms with Crippen molar-refractivity contribution in [3.63, 3.8) is 0 Å². The van der Waals surface area contributed by atoms with Crippen molar-refractivity contribution in [1.29, 1.82) is 0 Å². The number of hydrogen-bond donors (Lipinski definition) is 1. The lowest BCUT2D eigenvalue weighted by atomic mass is 9.90. The number of hydrogen-bond acceptors (Lipinski definition) is 2. The summed E-state index contributed by atoms with van der Waals surface area (Å²) in [6.45, 7) is 1.89. The van der Waals surface area contributed by atoms with Crippen molar-refractivity contribution in [2.45, 2.75) is 19.3 Å². The van der Waals surface area contributed by atoms with Crippen molar-refractivity contribution >= 4 is 11.6 Å². The number of aryl methyl sites for hydroxylation is 1. The molecule has 184 valence electrons. The molecule has 0 saturated carbocycles. The van der Waals surface area contributed by atoms with Gasteiger partial charge in [0, 0.05) is 0 Å². The highest BCUT2D eigenvalue weighted by Crippen LogP contribution is 2.31. The molecule has 3 nitrogen and oxygen atoms in total. The Morgan fingerprint density at radius 2 is 1.33 bits per heavy atom. The Bertz CT molecular complexity index is 1360. The molecule has 0 fully saturated rings. The fraction of sp³-hybridized carbons (Fsp3) is 0.107. The van der Waals surface area contributed by atoms with Gasteiger partial charge in [0.15, 0.2) is 23.3 Å². The molecule has 1 atom stereocenters. The second-order valence-corrected chi connectivity index (χ2v) is 8.16. The molecule has 0 aromatic heterocycles. The summed E-state index contributed by atoms with van der Waals surface area (Å²) in [4.78, 5) is 13.2. The van der Waals surface area contributed by atoms with E-state index in [-0.39, 0.29) is 6.42 Å². The summed E-state index contributed by atoms with van der Waals surface area (Å²) in [5, 5.41) is 1.91. The van der Waals surface area contributed by atoms with E-state index in [1.54, 1.807) is 60.7 Å². The van der Waals surface area contributed by atoms with E-state index in [4.69, 9.17) is 4.74 Å². The first kappa shape index (κ1) is 24.9. The molecule has 0 bridgehead atoms. The first-order valence-electron chi connectivity index (χ1n) is 10.9. The van der Waals surface area contributed by atoms with Gasteiger partial charge in [0.2, 0.25) is 11.7 Å². The Hall–Kier alpha value is -4.20. The summed E-state index contributed by atoms with van der Waals surface area (Å²) in [6, 6.07) is 22.7. The zero-order valence-electron chi connectivity index (χ0n) is 19.0. The summed E-state index contributed by atoms with van der Waals surface area (Å²) in [5.74, 6) is -11.9. The number of ether oxygens (including phenoxy) is 1. The van der Waals surface area contributed by atoms with Gasteiger partial charge in [-0.15, -0.1) is 0 Å². The van der Waals surface area contributed by atoms with Crippen LogP contribution in [0.1, 0.15) is 22.6 Å². The lowest BCUT2D eigenvalue weighted by Crippen LogP contribution is -2.25. The van der Waals surface area contributed by atoms with Crippen LogP contribution in [0.3, 0.4) is 0 Å². The van der Waals surface area contributed by atoms with E-state index in [2.05, 4.69) is 0 Å². The van der Waals surface area contributed by atoms with Gasteiger partial charge in [0.25, 0.3) is 0 Å². The Labute approximate surface area is 204 Å². The zero-order chi connectivity index (χ0) is 25.8. The molecule has 0 saturated heterocycles. The molecule has 8 heteroatoms. The number of amides is 1. The number of carbonyl (C=O) groups is 1. The van der Waals surface area contributed by atoms with E-state index >= 15 is 0 Å². The second kappa shape index (κ2) is 10.6. The Balaban J connectivity index is 1.70. The van der Waals surface area contributed by atoms with Crippen LogP contribution in [0.4, 0.5) is 27.6 Å². The molecule has 0 heterocycles. The van der Waals surface area contributed by atoms with Crippen LogP contribution in [0.15, 0.2) is 78.9 Å². The number of anilines is 1. The standard InChI is InChI=1S/C28H20F5NO2/c1-16-10-12-17(13-11-16)14-21(18-6-5-9-20(15-18)36-19-7-3-2-4-8-19)28(35)34-27-25(32)23(30)22(29)24(31)26(27)33/h2-13,15,21H,14H2,1H3,(H,34,35). The maximum atomic E-state index is 14.3. The average molecular weight is 497 g/mol. The first-order valence-corrected chi connectivity index (χ1v) is 10.9. The van der Waals surface area contributed by atoms with Crippen molar-refractivity contribution in [3.05, 3.63) is 125 Å². The van der Waals surface area contributed by atoms with E-state index in [9.17, 15) is 26.7 Å². The predicted molar refractivity (Wildman–Crippen MR) is 125 cm³/mol. The molecule has 0 aliphatic carbocycles. The van der Waals surface area contributed by atoms with Crippen LogP contribution >= 0.6 is 0 Å². The molecule has 36 heavy (non-hydrogen) atoms. The van der Waals surface area contributed by atoms with E-state index in [0.29, 0.717) is 17.1 Å². The van der Waals surface area contributed by atoms with Gasteiger partial charge in [0.05, 0.1) is 5.92 Å². The van der Waals surface area contributed by atoms with Crippen LogP contribution in [0.5, 0.6) is 11.5 Å². The fourth-order valence-corrected chi connectivity index (χ4v) is 3.67. The van der Waals surface area contributed by atoms with Crippen LogP contribution < -0.4 is 10.1 Å². The molecule has 0 radical (unpaired) electrons. The van der Waals surface area contributed by atoms with E-state index in [1.165, 1.54) is 0 Å². The lowest BCUT2D eigenvalue weighted by Gasteiger charge is -2.19. The number of benzene rings is 4. The van der Waals surface area contributed by atoms with Crippen LogP contribution in [-0.2, 0) is 11.2 Å². The molecule has 0 aliphatic rings. The SMILES string of the molecule is Cc1ccc(CC(C(=O)Nc2c(F)c(F)c(F)c(F)c2F)c2cccc(Oc3ccccc3)c2)cc1. The van der Waals surface area contributed by atoms with Crippen molar-refractivity contribution < 1.29 is 31.5 Å². The quantitative estimate of drug-likeness (QED) is 0.164. The minimum atomic E-state index is -2.30. The summed E-state index contributed by atoms with van der Waals surface area (Å²) < 4.78 is 75.2. The van der Waals surface area contributed by atoms with Crippen molar-refractivity contribution in [3.8, 4) is 11.5 Å². The Kier molecular flexibility index (Phi) is 7.33. The molecule has 4 aromatic rings. The third-order valence-electron chi connectivity index (χ3n) is 5.57. The molecule has 1 unspecified atom stereocenters. The second-order valence-electron chi connectivity index (χ2n) is 8.16. The summed E-state index contributed by atoms with van der Waals surface area (Å²) in [7, 11) is 0. The highest BCUT2D eigenvalue weighted by Gasteiger charge is 2.29. The average Bonchev–Trinajstić information content (AvgIpc) is 2.89. The molecular weight excluding hydrogens is 477 g/mol. The van der Waals surface area contributed by atoms with E-state index in [0.717, 1.165) is 11.1 Å². The minimum Gasteiger partial charge on any atom is -0.457 e. The van der Waals surface area contributed by atoms with Crippen LogP contribution in [0.25, 0.3) is 0 Å². The molecule has 1 amide bonds. The topological polar surface area (TPSA) is 38.3 Å². The summed E-state index contributed by atoms with van der Waals surface area (Å²) in [5.41, 5.74) is 0.735. The summed E-state index contributed by atoms with van der Waals surface area (Å²) >= 11 is 0. The monoisotopic (exact) mass is 497 g/mol. The number of nitrogens with one attached hydrogen (secondary N) is 1. The van der Waals surface area contributed by atoms with Crippen molar-refractivity contribution in [1.82, 2.24) is 0 Å². The normalized spacial score (nSPS) is 11.7. The van der Waals surface area contributed by atoms with Crippen molar-refractivity contribution in [2.75, 3.05) is 5.32 Å². The molecule has 4 aromatic carbocycles. The van der Waals surface area contributed by atoms with Gasteiger partial charge in [-0.2, -0.15) is 0 Å². The Morgan fingerprint density at radius 1 is 0.750 bits per heavy atom. The van der Waals surface area contributed by atoms with Crippen LogP contribution in [-0.4, -0.2) is 5.91 Å². The third-order valence-corrected chi connectivity index (χ3v) is 5.57. The zero-order valence-corrected chi connectivity index (χ0v) is 19.0. The third kappa shape index (κ3) is 5.38. The van der Waals surface area contributed by atoms with E-state index in [1.807, 2.05) is 30.4 Å². The van der Waals surface area contributed by atoms with Gasteiger partial charge in [-0.05, 0) is 48.7 Å².